The third kappa shape index (κ3) is 4.88. The van der Waals surface area contributed by atoms with E-state index >= 15 is 0 Å². The molecular weight excluding hydrogens is 436 g/mol. The molecule has 0 saturated heterocycles. The highest BCUT2D eigenvalue weighted by molar-refractivity contribution is 6.06. The Morgan fingerprint density at radius 3 is 2.65 bits per heavy atom. The van der Waals surface area contributed by atoms with Gasteiger partial charge in [0.15, 0.2) is 11.5 Å². The van der Waals surface area contributed by atoms with Gasteiger partial charge in [-0.2, -0.15) is 10.1 Å². The molecular formula is C25H26N4O5. The Hall–Kier alpha value is -4.27. The van der Waals surface area contributed by atoms with Crippen LogP contribution in [0.15, 0.2) is 65.9 Å². The van der Waals surface area contributed by atoms with Crippen molar-refractivity contribution in [2.75, 3.05) is 19.5 Å². The lowest BCUT2D eigenvalue weighted by atomic mass is 10.0. The minimum absolute atomic E-state index is 0.179. The molecule has 1 unspecified atom stereocenters. The monoisotopic (exact) mass is 462 g/mol. The van der Waals surface area contributed by atoms with E-state index in [1.807, 2.05) is 31.2 Å². The van der Waals surface area contributed by atoms with Crippen molar-refractivity contribution >= 4 is 23.4 Å². The number of nitrogens with one attached hydrogen (secondary N) is 2. The molecule has 0 bridgehead atoms. The molecule has 0 spiro atoms. The van der Waals surface area contributed by atoms with Gasteiger partial charge in [0.05, 0.1) is 20.8 Å². The van der Waals surface area contributed by atoms with E-state index in [9.17, 15) is 9.59 Å². The molecule has 4 rings (SSSR count). The van der Waals surface area contributed by atoms with Gasteiger partial charge in [-0.25, -0.2) is 4.79 Å². The van der Waals surface area contributed by atoms with Gasteiger partial charge in [0.25, 0.3) is 5.91 Å². The maximum atomic E-state index is 12.7. The fourth-order valence-electron chi connectivity index (χ4n) is 3.68. The predicted octanol–water partition coefficient (Wildman–Crippen LogP) is 4.42. The molecule has 2 amide bonds. The molecule has 34 heavy (non-hydrogen) atoms. The average molecular weight is 463 g/mol. The summed E-state index contributed by atoms with van der Waals surface area (Å²) < 4.78 is 16.4. The topological polar surface area (TPSA) is 105 Å². The van der Waals surface area contributed by atoms with E-state index in [0.717, 1.165) is 11.1 Å². The Morgan fingerprint density at radius 1 is 1.12 bits per heavy atom. The first kappa shape index (κ1) is 22.9. The Morgan fingerprint density at radius 2 is 1.94 bits per heavy atom. The Balaban J connectivity index is 1.58. The summed E-state index contributed by atoms with van der Waals surface area (Å²) >= 11 is 0. The zero-order chi connectivity index (χ0) is 24.1. The number of carbonyl (C=O) groups excluding carboxylic acids is 2. The van der Waals surface area contributed by atoms with E-state index in [1.54, 1.807) is 50.7 Å². The molecule has 0 saturated carbocycles. The van der Waals surface area contributed by atoms with Crippen LogP contribution in [0, 0.1) is 0 Å². The Kier molecular flexibility index (Phi) is 6.82. The van der Waals surface area contributed by atoms with Gasteiger partial charge in [-0.3, -0.25) is 4.79 Å². The Labute approximate surface area is 197 Å². The number of aromatic nitrogens is 1. The number of benzene rings is 2. The maximum Gasteiger partial charge on any atom is 0.431 e. The van der Waals surface area contributed by atoms with E-state index in [4.69, 9.17) is 14.2 Å². The smallest absolute Gasteiger partial charge is 0.431 e. The molecule has 0 radical (unpaired) electrons. The largest absolute Gasteiger partial charge is 0.493 e. The minimum atomic E-state index is -0.531. The lowest BCUT2D eigenvalue weighted by molar-refractivity contribution is 0.0712. The molecule has 2 aromatic carbocycles. The quantitative estimate of drug-likeness (QED) is 0.516. The second-order valence-electron chi connectivity index (χ2n) is 7.63. The summed E-state index contributed by atoms with van der Waals surface area (Å²) in [5, 5.41) is 8.75. The summed E-state index contributed by atoms with van der Waals surface area (Å²) in [5.74, 6) is 0.911. The molecule has 9 heteroatoms. The fourth-order valence-corrected chi connectivity index (χ4v) is 3.68. The van der Waals surface area contributed by atoms with Crippen LogP contribution in [-0.4, -0.2) is 48.0 Å². The van der Waals surface area contributed by atoms with Gasteiger partial charge >= 0.3 is 6.09 Å². The van der Waals surface area contributed by atoms with Crippen LogP contribution in [0.2, 0.25) is 0 Å². The SMILES string of the molecule is CCC1OC(=O)N(Cc2cccc(NC(=O)c3ccc[nH]3)c2)N=C1c1ccc(OC)c(OC)c1. The van der Waals surface area contributed by atoms with Crippen LogP contribution in [0.5, 0.6) is 11.5 Å². The molecule has 2 heterocycles. The zero-order valence-corrected chi connectivity index (χ0v) is 19.2. The summed E-state index contributed by atoms with van der Waals surface area (Å²) in [4.78, 5) is 27.9. The summed E-state index contributed by atoms with van der Waals surface area (Å²) in [6, 6.07) is 16.2. The maximum absolute atomic E-state index is 12.7. The van der Waals surface area contributed by atoms with Gasteiger partial charge in [0, 0.05) is 17.4 Å². The van der Waals surface area contributed by atoms with Crippen molar-refractivity contribution < 1.29 is 23.8 Å². The van der Waals surface area contributed by atoms with Crippen LogP contribution < -0.4 is 14.8 Å². The first-order chi connectivity index (χ1) is 16.5. The number of amides is 2. The van der Waals surface area contributed by atoms with Crippen molar-refractivity contribution in [3.8, 4) is 11.5 Å². The van der Waals surface area contributed by atoms with Gasteiger partial charge in [-0.15, -0.1) is 0 Å². The second-order valence-corrected chi connectivity index (χ2v) is 7.63. The number of H-pyrrole nitrogens is 1. The molecule has 0 aliphatic carbocycles. The van der Waals surface area contributed by atoms with Gasteiger partial charge in [-0.05, 0) is 54.4 Å². The third-order valence-corrected chi connectivity index (χ3v) is 5.40. The van der Waals surface area contributed by atoms with Gasteiger partial charge in [0.1, 0.15) is 17.5 Å². The summed E-state index contributed by atoms with van der Waals surface area (Å²) in [7, 11) is 3.14. The predicted molar refractivity (Wildman–Crippen MR) is 127 cm³/mol. The first-order valence-corrected chi connectivity index (χ1v) is 10.8. The molecule has 1 aliphatic rings. The van der Waals surface area contributed by atoms with Crippen LogP contribution in [0.3, 0.4) is 0 Å². The van der Waals surface area contributed by atoms with Crippen LogP contribution in [-0.2, 0) is 11.3 Å². The van der Waals surface area contributed by atoms with Crippen LogP contribution in [0.1, 0.15) is 35.0 Å². The van der Waals surface area contributed by atoms with Crippen molar-refractivity contribution in [2.24, 2.45) is 5.10 Å². The molecule has 1 atom stereocenters. The van der Waals surface area contributed by atoms with Crippen molar-refractivity contribution in [1.29, 1.82) is 0 Å². The number of hydrazone groups is 1. The summed E-state index contributed by atoms with van der Waals surface area (Å²) in [6.45, 7) is 2.11. The van der Waals surface area contributed by atoms with Crippen molar-refractivity contribution in [1.82, 2.24) is 9.99 Å². The first-order valence-electron chi connectivity index (χ1n) is 10.8. The molecule has 1 aliphatic heterocycles. The summed E-state index contributed by atoms with van der Waals surface area (Å²) in [5.41, 5.74) is 3.25. The number of carbonyl (C=O) groups is 2. The zero-order valence-electron chi connectivity index (χ0n) is 19.2. The van der Waals surface area contributed by atoms with E-state index in [1.165, 1.54) is 5.01 Å². The molecule has 176 valence electrons. The molecule has 9 nitrogen and oxygen atoms in total. The molecule has 1 aromatic heterocycles. The van der Waals surface area contributed by atoms with Crippen LogP contribution in [0.4, 0.5) is 10.5 Å². The normalized spacial score (nSPS) is 15.4. The highest BCUT2D eigenvalue weighted by Crippen LogP contribution is 2.30. The van der Waals surface area contributed by atoms with Crippen LogP contribution in [0.25, 0.3) is 0 Å². The highest BCUT2D eigenvalue weighted by atomic mass is 16.6. The van der Waals surface area contributed by atoms with E-state index in [2.05, 4.69) is 15.4 Å². The second kappa shape index (κ2) is 10.1. The fraction of sp³-hybridized carbons (Fsp3) is 0.240. The number of aromatic amines is 1. The molecule has 3 aromatic rings. The number of anilines is 1. The lowest BCUT2D eigenvalue weighted by Gasteiger charge is -2.29. The number of hydrogen-bond acceptors (Lipinski definition) is 6. The Bertz CT molecular complexity index is 1210. The number of hydrogen-bond donors (Lipinski definition) is 2. The highest BCUT2D eigenvalue weighted by Gasteiger charge is 2.31. The number of methoxy groups -OCH3 is 2. The van der Waals surface area contributed by atoms with E-state index in [0.29, 0.717) is 35.0 Å². The number of cyclic esters (lactones) is 1. The van der Waals surface area contributed by atoms with Gasteiger partial charge < -0.3 is 24.5 Å². The van der Waals surface area contributed by atoms with E-state index < -0.39 is 12.2 Å². The lowest BCUT2D eigenvalue weighted by Crippen LogP contribution is -2.41. The van der Waals surface area contributed by atoms with Gasteiger partial charge in [0.2, 0.25) is 0 Å². The average Bonchev–Trinajstić information content (AvgIpc) is 3.40. The molecule has 2 N–H and O–H groups in total. The molecule has 0 fully saturated rings. The third-order valence-electron chi connectivity index (χ3n) is 5.40. The van der Waals surface area contributed by atoms with Crippen LogP contribution >= 0.6 is 0 Å². The summed E-state index contributed by atoms with van der Waals surface area (Å²) in [6.07, 6.45) is 1.25. The van der Waals surface area contributed by atoms with Gasteiger partial charge in [-0.1, -0.05) is 19.1 Å². The standard InChI is InChI=1S/C25H26N4O5/c1-4-20-23(17-10-11-21(32-2)22(14-17)33-3)28-29(25(31)34-20)15-16-7-5-8-18(13-16)27-24(30)19-9-6-12-26-19/h5-14,20,26H,4,15H2,1-3H3,(H,27,30). The number of ether oxygens (including phenoxy) is 3. The van der Waals surface area contributed by atoms with E-state index in [-0.39, 0.29) is 12.5 Å². The van der Waals surface area contributed by atoms with Crippen molar-refractivity contribution in [3.63, 3.8) is 0 Å². The minimum Gasteiger partial charge on any atom is -0.493 e. The van der Waals surface area contributed by atoms with Crippen molar-refractivity contribution in [2.45, 2.75) is 26.0 Å². The number of rotatable bonds is 8. The number of nitrogens with zero attached hydrogens (tertiary/aromatic N) is 2. The van der Waals surface area contributed by atoms with Crippen molar-refractivity contribution in [3.05, 3.63) is 77.6 Å².